The second-order valence-corrected chi connectivity index (χ2v) is 4.02. The molecule has 0 aromatic rings. The Hall–Kier alpha value is -0.520. The van der Waals surface area contributed by atoms with Gasteiger partial charge in [-0.05, 0) is 32.6 Å². The van der Waals surface area contributed by atoms with Crippen molar-refractivity contribution < 1.29 is 0 Å². The monoisotopic (exact) mass is 207 g/mol. The van der Waals surface area contributed by atoms with Crippen LogP contribution in [0.3, 0.4) is 0 Å². The van der Waals surface area contributed by atoms with E-state index in [1.807, 2.05) is 0 Å². The minimum atomic E-state index is 0.908. The fourth-order valence-corrected chi connectivity index (χ4v) is 1.55. The van der Waals surface area contributed by atoms with Crippen molar-refractivity contribution in [1.82, 2.24) is 0 Å². The third-order valence-electron chi connectivity index (χ3n) is 2.50. The smallest absolute Gasteiger partial charge is 0.0169 e. The molecular weight excluding hydrogens is 180 g/mol. The lowest BCUT2D eigenvalue weighted by Crippen LogP contribution is -1.77. The topological polar surface area (TPSA) is 0 Å². The molecule has 0 aromatic heterocycles. The molecule has 0 N–H and O–H groups in total. The van der Waals surface area contributed by atoms with Gasteiger partial charge in [-0.25, -0.2) is 0 Å². The molecule has 0 amide bonds. The molecule has 0 spiro atoms. The first-order valence-electron chi connectivity index (χ1n) is 6.51. The van der Waals surface area contributed by atoms with Crippen molar-refractivity contribution in [3.8, 4) is 0 Å². The van der Waals surface area contributed by atoms with Gasteiger partial charge in [-0.15, -0.1) is 0 Å². The van der Waals surface area contributed by atoms with Crippen LogP contribution in [0.4, 0.5) is 0 Å². The average Bonchev–Trinajstić information content (AvgIpc) is 2.26. The minimum Gasteiger partial charge on any atom is -0.0882 e. The maximum Gasteiger partial charge on any atom is -0.0169 e. The molecular formula is C15H27. The summed E-state index contributed by atoms with van der Waals surface area (Å²) in [5.74, 6) is 0. The second-order valence-electron chi connectivity index (χ2n) is 4.02. The van der Waals surface area contributed by atoms with Crippen LogP contribution in [0.5, 0.6) is 0 Å². The first kappa shape index (κ1) is 14.5. The third-order valence-corrected chi connectivity index (χ3v) is 2.50. The Kier molecular flexibility index (Phi) is 13.0. The lowest BCUT2D eigenvalue weighted by Gasteiger charge is -1.97. The second kappa shape index (κ2) is 13.5. The van der Waals surface area contributed by atoms with E-state index in [1.54, 1.807) is 0 Å². The Labute approximate surface area is 96.5 Å². The maximum atomic E-state index is 3.76. The molecule has 0 heterocycles. The van der Waals surface area contributed by atoms with Gasteiger partial charge >= 0.3 is 0 Å². The van der Waals surface area contributed by atoms with Crippen LogP contribution in [0, 0.1) is 6.92 Å². The lowest BCUT2D eigenvalue weighted by molar-refractivity contribution is 0.611. The summed E-state index contributed by atoms with van der Waals surface area (Å²) in [4.78, 5) is 0. The highest BCUT2D eigenvalue weighted by Crippen LogP contribution is 2.07. The number of allylic oxidation sites excluding steroid dienone is 4. The zero-order chi connectivity index (χ0) is 11.2. The number of hydrogen-bond donors (Lipinski definition) is 0. The van der Waals surface area contributed by atoms with Crippen molar-refractivity contribution in [2.45, 2.75) is 64.7 Å². The molecule has 1 radical (unpaired) electrons. The SMILES string of the molecule is [CH2]CC=CCC=CCCCCCCCC. The largest absolute Gasteiger partial charge is 0.0882 e. The van der Waals surface area contributed by atoms with Gasteiger partial charge in [-0.2, -0.15) is 0 Å². The first-order chi connectivity index (χ1) is 7.41. The van der Waals surface area contributed by atoms with Crippen molar-refractivity contribution >= 4 is 0 Å². The van der Waals surface area contributed by atoms with Gasteiger partial charge in [0.2, 0.25) is 0 Å². The van der Waals surface area contributed by atoms with Crippen LogP contribution in [-0.4, -0.2) is 0 Å². The summed E-state index contributed by atoms with van der Waals surface area (Å²) in [6, 6.07) is 0. The van der Waals surface area contributed by atoms with Crippen molar-refractivity contribution in [2.24, 2.45) is 0 Å². The fraction of sp³-hybridized carbons (Fsp3) is 0.667. The molecule has 0 fully saturated rings. The van der Waals surface area contributed by atoms with E-state index in [-0.39, 0.29) is 0 Å². The van der Waals surface area contributed by atoms with Gasteiger partial charge in [-0.3, -0.25) is 0 Å². The molecule has 87 valence electrons. The molecule has 15 heavy (non-hydrogen) atoms. The Bertz CT molecular complexity index is 153. The first-order valence-corrected chi connectivity index (χ1v) is 6.51. The molecule has 0 rings (SSSR count). The van der Waals surface area contributed by atoms with E-state index in [9.17, 15) is 0 Å². The standard InChI is InChI=1S/C15H27/c1-3-5-7-9-11-13-15-14-12-10-8-6-4-2/h5,7,11,13H,1,3-4,6,8-10,12,14-15H2,2H3. The summed E-state index contributed by atoms with van der Waals surface area (Å²) in [7, 11) is 0. The van der Waals surface area contributed by atoms with Gasteiger partial charge in [-0.1, -0.05) is 63.3 Å². The van der Waals surface area contributed by atoms with Gasteiger partial charge < -0.3 is 0 Å². The van der Waals surface area contributed by atoms with Crippen LogP contribution >= 0.6 is 0 Å². The molecule has 0 unspecified atom stereocenters. The number of unbranched alkanes of at least 4 members (excludes halogenated alkanes) is 6. The van der Waals surface area contributed by atoms with Crippen LogP contribution in [0.15, 0.2) is 24.3 Å². The Morgan fingerprint density at radius 3 is 2.20 bits per heavy atom. The van der Waals surface area contributed by atoms with E-state index in [0.717, 1.165) is 12.8 Å². The summed E-state index contributed by atoms with van der Waals surface area (Å²) in [6.45, 7) is 6.02. The van der Waals surface area contributed by atoms with E-state index >= 15 is 0 Å². The molecule has 0 saturated heterocycles. The summed E-state index contributed by atoms with van der Waals surface area (Å²) in [6.07, 6.45) is 20.5. The lowest BCUT2D eigenvalue weighted by atomic mass is 10.1. The molecule has 0 aromatic carbocycles. The van der Waals surface area contributed by atoms with Gasteiger partial charge in [0.1, 0.15) is 0 Å². The molecule has 0 aliphatic heterocycles. The van der Waals surface area contributed by atoms with E-state index < -0.39 is 0 Å². The summed E-state index contributed by atoms with van der Waals surface area (Å²) in [5.41, 5.74) is 0. The van der Waals surface area contributed by atoms with E-state index in [2.05, 4.69) is 38.2 Å². The average molecular weight is 207 g/mol. The Morgan fingerprint density at radius 2 is 1.47 bits per heavy atom. The summed E-state index contributed by atoms with van der Waals surface area (Å²) in [5, 5.41) is 0. The Balaban J connectivity index is 3.06. The van der Waals surface area contributed by atoms with E-state index in [0.29, 0.717) is 0 Å². The zero-order valence-electron chi connectivity index (χ0n) is 10.4. The third kappa shape index (κ3) is 13.5. The Morgan fingerprint density at radius 1 is 0.800 bits per heavy atom. The fourth-order valence-electron chi connectivity index (χ4n) is 1.55. The zero-order valence-corrected chi connectivity index (χ0v) is 10.4. The van der Waals surface area contributed by atoms with Crippen LogP contribution in [0.1, 0.15) is 64.7 Å². The summed E-state index contributed by atoms with van der Waals surface area (Å²) >= 11 is 0. The van der Waals surface area contributed by atoms with Gasteiger partial charge in [0.15, 0.2) is 0 Å². The number of hydrogen-bond acceptors (Lipinski definition) is 0. The van der Waals surface area contributed by atoms with Gasteiger partial charge in [0, 0.05) is 0 Å². The predicted molar refractivity (Wildman–Crippen MR) is 70.9 cm³/mol. The maximum absolute atomic E-state index is 3.76. The molecule has 0 aliphatic rings. The highest BCUT2D eigenvalue weighted by atomic mass is 13.9. The van der Waals surface area contributed by atoms with Crippen molar-refractivity contribution in [1.29, 1.82) is 0 Å². The predicted octanol–water partition coefficient (Wildman–Crippen LogP) is 5.46. The van der Waals surface area contributed by atoms with Crippen molar-refractivity contribution in [2.75, 3.05) is 0 Å². The van der Waals surface area contributed by atoms with E-state index in [1.165, 1.54) is 44.9 Å². The van der Waals surface area contributed by atoms with Crippen molar-refractivity contribution in [3.05, 3.63) is 31.2 Å². The van der Waals surface area contributed by atoms with Crippen LogP contribution < -0.4 is 0 Å². The molecule has 0 nitrogen and oxygen atoms in total. The van der Waals surface area contributed by atoms with Gasteiger partial charge in [0.25, 0.3) is 0 Å². The quantitative estimate of drug-likeness (QED) is 0.329. The molecule has 0 heteroatoms. The highest BCUT2D eigenvalue weighted by molar-refractivity contribution is 4.92. The highest BCUT2D eigenvalue weighted by Gasteiger charge is 1.87. The number of rotatable bonds is 10. The van der Waals surface area contributed by atoms with Crippen LogP contribution in [0.25, 0.3) is 0 Å². The molecule has 0 saturated carbocycles. The molecule has 0 bridgehead atoms. The molecule has 0 aliphatic carbocycles. The van der Waals surface area contributed by atoms with Crippen LogP contribution in [0.2, 0.25) is 0 Å². The molecule has 0 atom stereocenters. The van der Waals surface area contributed by atoms with Gasteiger partial charge in [0.05, 0.1) is 0 Å². The summed E-state index contributed by atoms with van der Waals surface area (Å²) < 4.78 is 0. The van der Waals surface area contributed by atoms with Crippen LogP contribution in [-0.2, 0) is 0 Å². The minimum absolute atomic E-state index is 0.908. The van der Waals surface area contributed by atoms with Crippen molar-refractivity contribution in [3.63, 3.8) is 0 Å². The normalized spacial score (nSPS) is 11.9. The van der Waals surface area contributed by atoms with E-state index in [4.69, 9.17) is 0 Å².